The molecular formula is C8H12O4S2. The highest BCUT2D eigenvalue weighted by Crippen LogP contribution is 2.28. The lowest BCUT2D eigenvalue weighted by Gasteiger charge is -2.07. The van der Waals surface area contributed by atoms with E-state index in [4.69, 9.17) is 0 Å². The fourth-order valence-corrected chi connectivity index (χ4v) is 2.15. The third-order valence-electron chi connectivity index (χ3n) is 1.35. The van der Waals surface area contributed by atoms with Crippen LogP contribution in [-0.2, 0) is 19.1 Å². The molecule has 0 saturated heterocycles. The summed E-state index contributed by atoms with van der Waals surface area (Å²) >= 11 is 2.61. The van der Waals surface area contributed by atoms with Gasteiger partial charge in [0, 0.05) is 0 Å². The summed E-state index contributed by atoms with van der Waals surface area (Å²) in [6.45, 7) is 0. The monoisotopic (exact) mass is 236 g/mol. The van der Waals surface area contributed by atoms with Crippen LogP contribution >= 0.6 is 23.5 Å². The molecule has 4 nitrogen and oxygen atoms in total. The molecule has 0 aromatic carbocycles. The van der Waals surface area contributed by atoms with Gasteiger partial charge in [-0.25, -0.2) is 9.59 Å². The minimum atomic E-state index is -0.671. The Labute approximate surface area is 91.4 Å². The molecule has 0 amide bonds. The van der Waals surface area contributed by atoms with Crippen molar-refractivity contribution in [2.45, 2.75) is 0 Å². The van der Waals surface area contributed by atoms with Crippen molar-refractivity contribution in [3.63, 3.8) is 0 Å². The maximum Gasteiger partial charge on any atom is 0.347 e. The van der Waals surface area contributed by atoms with Crippen LogP contribution in [0.2, 0.25) is 0 Å². The van der Waals surface area contributed by atoms with Gasteiger partial charge in [0.05, 0.1) is 18.5 Å². The van der Waals surface area contributed by atoms with E-state index in [9.17, 15) is 9.59 Å². The zero-order chi connectivity index (χ0) is 11.1. The Morgan fingerprint density at radius 2 is 1.29 bits per heavy atom. The standard InChI is InChI=1S/C8H12O4S2/c1-11-6(9)5(7(10)12-2)8(13-3)14-4/h1-4H3. The highest BCUT2D eigenvalue weighted by molar-refractivity contribution is 8.21. The van der Waals surface area contributed by atoms with E-state index in [1.807, 2.05) is 0 Å². The van der Waals surface area contributed by atoms with Crippen molar-refractivity contribution in [2.24, 2.45) is 0 Å². The van der Waals surface area contributed by atoms with Crippen LogP contribution in [0.4, 0.5) is 0 Å². The molecule has 0 aromatic heterocycles. The summed E-state index contributed by atoms with van der Waals surface area (Å²) in [7, 11) is 2.45. The molecule has 0 fully saturated rings. The van der Waals surface area contributed by atoms with Gasteiger partial charge in [-0.2, -0.15) is 0 Å². The van der Waals surface area contributed by atoms with Crippen molar-refractivity contribution >= 4 is 35.5 Å². The molecule has 0 unspecified atom stereocenters. The SMILES string of the molecule is COC(=O)C(C(=O)OC)=C(SC)SC. The molecule has 14 heavy (non-hydrogen) atoms. The minimum Gasteiger partial charge on any atom is -0.465 e. The van der Waals surface area contributed by atoms with Crippen LogP contribution in [0.25, 0.3) is 0 Å². The van der Waals surface area contributed by atoms with Gasteiger partial charge in [-0.15, -0.1) is 23.5 Å². The van der Waals surface area contributed by atoms with Gasteiger partial charge in [0.2, 0.25) is 0 Å². The molecule has 0 saturated carbocycles. The topological polar surface area (TPSA) is 52.6 Å². The van der Waals surface area contributed by atoms with E-state index in [0.717, 1.165) is 0 Å². The first-order valence-electron chi connectivity index (χ1n) is 3.61. The Hall–Kier alpha value is -0.620. The molecule has 0 radical (unpaired) electrons. The second-order valence-electron chi connectivity index (χ2n) is 2.05. The number of methoxy groups -OCH3 is 2. The number of esters is 2. The number of ether oxygens (including phenoxy) is 2. The lowest BCUT2D eigenvalue weighted by Crippen LogP contribution is -2.17. The van der Waals surface area contributed by atoms with Crippen LogP contribution in [0, 0.1) is 0 Å². The normalized spacial score (nSPS) is 9.14. The Balaban J connectivity index is 5.16. The first-order chi connectivity index (χ1) is 6.62. The average Bonchev–Trinajstić information content (AvgIpc) is 2.23. The molecule has 0 rings (SSSR count). The number of hydrogen-bond acceptors (Lipinski definition) is 6. The van der Waals surface area contributed by atoms with Gasteiger partial charge in [0.25, 0.3) is 0 Å². The summed E-state index contributed by atoms with van der Waals surface area (Å²) in [6.07, 6.45) is 3.55. The number of hydrogen-bond donors (Lipinski definition) is 0. The van der Waals surface area contributed by atoms with Crippen LogP contribution in [0.5, 0.6) is 0 Å². The van der Waals surface area contributed by atoms with E-state index in [-0.39, 0.29) is 5.57 Å². The van der Waals surface area contributed by atoms with Crippen LogP contribution in [0.15, 0.2) is 9.81 Å². The fraction of sp³-hybridized carbons (Fsp3) is 0.500. The van der Waals surface area contributed by atoms with Crippen molar-refractivity contribution in [2.75, 3.05) is 26.7 Å². The van der Waals surface area contributed by atoms with Gasteiger partial charge < -0.3 is 9.47 Å². The molecule has 6 heteroatoms. The summed E-state index contributed by atoms with van der Waals surface area (Å²) in [4.78, 5) is 22.5. The summed E-state index contributed by atoms with van der Waals surface area (Å²) < 4.78 is 9.58. The lowest BCUT2D eigenvalue weighted by molar-refractivity contribution is -0.144. The van der Waals surface area contributed by atoms with Gasteiger partial charge in [0.15, 0.2) is 5.57 Å². The summed E-state index contributed by atoms with van der Waals surface area (Å²) in [5, 5.41) is 0. The van der Waals surface area contributed by atoms with E-state index in [2.05, 4.69) is 9.47 Å². The largest absolute Gasteiger partial charge is 0.465 e. The molecule has 80 valence electrons. The predicted molar refractivity (Wildman–Crippen MR) is 58.1 cm³/mol. The van der Waals surface area contributed by atoms with E-state index in [1.54, 1.807) is 12.5 Å². The van der Waals surface area contributed by atoms with Crippen molar-refractivity contribution in [3.8, 4) is 0 Å². The van der Waals surface area contributed by atoms with Gasteiger partial charge in [0.1, 0.15) is 0 Å². The highest BCUT2D eigenvalue weighted by atomic mass is 32.2. The Bertz CT molecular complexity index is 236. The van der Waals surface area contributed by atoms with Crippen molar-refractivity contribution in [1.82, 2.24) is 0 Å². The number of carbonyl (C=O) groups is 2. The Kier molecular flexibility index (Phi) is 6.48. The molecule has 0 aromatic rings. The van der Waals surface area contributed by atoms with Gasteiger partial charge in [-0.1, -0.05) is 0 Å². The van der Waals surface area contributed by atoms with E-state index in [1.165, 1.54) is 37.7 Å². The summed E-state index contributed by atoms with van der Waals surface area (Å²) in [6, 6.07) is 0. The molecule has 0 aliphatic heterocycles. The van der Waals surface area contributed by atoms with E-state index < -0.39 is 11.9 Å². The van der Waals surface area contributed by atoms with Crippen molar-refractivity contribution in [3.05, 3.63) is 9.81 Å². The highest BCUT2D eigenvalue weighted by Gasteiger charge is 2.24. The molecule has 0 bridgehead atoms. The molecule has 0 aliphatic carbocycles. The summed E-state index contributed by atoms with van der Waals surface area (Å²) in [5.74, 6) is -1.34. The molecule has 0 spiro atoms. The fourth-order valence-electron chi connectivity index (χ4n) is 0.742. The van der Waals surface area contributed by atoms with E-state index in [0.29, 0.717) is 4.24 Å². The second kappa shape index (κ2) is 6.78. The Morgan fingerprint density at radius 1 is 0.929 bits per heavy atom. The van der Waals surface area contributed by atoms with Gasteiger partial charge >= 0.3 is 11.9 Å². The second-order valence-corrected chi connectivity index (χ2v) is 3.95. The smallest absolute Gasteiger partial charge is 0.347 e. The molecule has 0 aliphatic rings. The van der Waals surface area contributed by atoms with Gasteiger partial charge in [-0.3, -0.25) is 0 Å². The summed E-state index contributed by atoms with van der Waals surface area (Å²) in [5.41, 5.74) is -0.0463. The molecule has 0 atom stereocenters. The van der Waals surface area contributed by atoms with E-state index >= 15 is 0 Å². The predicted octanol–water partition coefficient (Wildman–Crippen LogP) is 1.27. The molecule has 0 heterocycles. The maximum atomic E-state index is 11.3. The van der Waals surface area contributed by atoms with Crippen molar-refractivity contribution in [1.29, 1.82) is 0 Å². The van der Waals surface area contributed by atoms with Gasteiger partial charge in [-0.05, 0) is 12.5 Å². The first-order valence-corrected chi connectivity index (χ1v) is 6.06. The Morgan fingerprint density at radius 3 is 1.50 bits per heavy atom. The van der Waals surface area contributed by atoms with Crippen LogP contribution < -0.4 is 0 Å². The van der Waals surface area contributed by atoms with Crippen LogP contribution in [0.3, 0.4) is 0 Å². The lowest BCUT2D eigenvalue weighted by atomic mass is 10.3. The van der Waals surface area contributed by atoms with Crippen LogP contribution in [-0.4, -0.2) is 38.7 Å². The minimum absolute atomic E-state index is 0.0463. The quantitative estimate of drug-likeness (QED) is 0.317. The third kappa shape index (κ3) is 3.26. The average molecular weight is 236 g/mol. The number of thioether (sulfide) groups is 2. The van der Waals surface area contributed by atoms with Crippen LogP contribution in [0.1, 0.15) is 0 Å². The molecular weight excluding hydrogens is 224 g/mol. The number of carbonyl (C=O) groups excluding carboxylic acids is 2. The van der Waals surface area contributed by atoms with Crippen molar-refractivity contribution < 1.29 is 19.1 Å². The third-order valence-corrected chi connectivity index (χ3v) is 3.50. The zero-order valence-corrected chi connectivity index (χ0v) is 10.1. The first kappa shape index (κ1) is 13.4. The molecule has 0 N–H and O–H groups in total. The maximum absolute atomic E-state index is 11.3. The number of rotatable bonds is 4. The zero-order valence-electron chi connectivity index (χ0n) is 8.45.